The molecule has 0 aromatic heterocycles. The molecule has 15 heavy (non-hydrogen) atoms. The second kappa shape index (κ2) is 5.32. The molecule has 1 nitrogen and oxygen atoms in total. The van der Waals surface area contributed by atoms with Crippen LogP contribution in [-0.4, -0.2) is 6.54 Å². The first-order valence-corrected chi connectivity index (χ1v) is 5.90. The van der Waals surface area contributed by atoms with Crippen molar-refractivity contribution in [3.8, 4) is 0 Å². The van der Waals surface area contributed by atoms with Crippen LogP contribution in [0, 0.1) is 5.92 Å². The van der Waals surface area contributed by atoms with E-state index in [0.29, 0.717) is 5.92 Å². The van der Waals surface area contributed by atoms with Gasteiger partial charge in [0.25, 0.3) is 0 Å². The Kier molecular flexibility index (Phi) is 4.34. The second-order valence-electron chi connectivity index (χ2n) is 4.80. The smallest absolute Gasteiger partial charge is 0.00753 e. The van der Waals surface area contributed by atoms with Gasteiger partial charge in [0.1, 0.15) is 0 Å². The minimum absolute atomic E-state index is 0.176. The lowest BCUT2D eigenvalue weighted by Gasteiger charge is -2.33. The van der Waals surface area contributed by atoms with Crippen molar-refractivity contribution in [3.05, 3.63) is 35.9 Å². The third kappa shape index (κ3) is 2.82. The molecular weight excluding hydrogens is 182 g/mol. The molecular formula is C14H23N. The predicted molar refractivity (Wildman–Crippen MR) is 66.9 cm³/mol. The number of rotatable bonds is 5. The van der Waals surface area contributed by atoms with Gasteiger partial charge in [-0.2, -0.15) is 0 Å². The highest BCUT2D eigenvalue weighted by Gasteiger charge is 2.29. The van der Waals surface area contributed by atoms with Gasteiger partial charge in [0.05, 0.1) is 0 Å². The highest BCUT2D eigenvalue weighted by Crippen LogP contribution is 2.33. The topological polar surface area (TPSA) is 26.0 Å². The third-order valence-corrected chi connectivity index (χ3v) is 3.25. The van der Waals surface area contributed by atoms with Crippen molar-refractivity contribution in [3.63, 3.8) is 0 Å². The first-order chi connectivity index (χ1) is 7.14. The van der Waals surface area contributed by atoms with Crippen molar-refractivity contribution >= 4 is 0 Å². The molecule has 1 atom stereocenters. The fraction of sp³-hybridized carbons (Fsp3) is 0.571. The summed E-state index contributed by atoms with van der Waals surface area (Å²) < 4.78 is 0. The molecule has 1 unspecified atom stereocenters. The summed E-state index contributed by atoms with van der Waals surface area (Å²) in [5.41, 5.74) is 7.57. The van der Waals surface area contributed by atoms with Gasteiger partial charge < -0.3 is 5.73 Å². The van der Waals surface area contributed by atoms with Gasteiger partial charge in [-0.05, 0) is 24.3 Å². The fourth-order valence-corrected chi connectivity index (χ4v) is 2.39. The SMILES string of the molecule is CCC(CN)(CC(C)C)c1ccccc1. The molecule has 0 bridgehead atoms. The van der Waals surface area contributed by atoms with E-state index in [0.717, 1.165) is 13.0 Å². The van der Waals surface area contributed by atoms with Crippen LogP contribution in [0.15, 0.2) is 30.3 Å². The van der Waals surface area contributed by atoms with Crippen molar-refractivity contribution in [2.75, 3.05) is 6.54 Å². The van der Waals surface area contributed by atoms with Gasteiger partial charge in [0.15, 0.2) is 0 Å². The molecule has 1 aromatic rings. The molecule has 0 saturated heterocycles. The lowest BCUT2D eigenvalue weighted by Crippen LogP contribution is -2.35. The summed E-state index contributed by atoms with van der Waals surface area (Å²) in [5, 5.41) is 0. The number of hydrogen-bond acceptors (Lipinski definition) is 1. The standard InChI is InChI=1S/C14H23N/c1-4-14(11-15,10-12(2)3)13-8-6-5-7-9-13/h5-9,12H,4,10-11,15H2,1-3H3. The van der Waals surface area contributed by atoms with Crippen LogP contribution in [-0.2, 0) is 5.41 Å². The van der Waals surface area contributed by atoms with Gasteiger partial charge in [-0.25, -0.2) is 0 Å². The maximum atomic E-state index is 6.00. The van der Waals surface area contributed by atoms with Crippen LogP contribution < -0.4 is 5.73 Å². The summed E-state index contributed by atoms with van der Waals surface area (Å²) in [5.74, 6) is 0.689. The Bertz CT molecular complexity index is 273. The molecule has 0 aliphatic carbocycles. The van der Waals surface area contributed by atoms with E-state index in [2.05, 4.69) is 51.1 Å². The maximum Gasteiger partial charge on any atom is 0.00753 e. The molecule has 84 valence electrons. The van der Waals surface area contributed by atoms with Crippen LogP contribution in [0.5, 0.6) is 0 Å². The first kappa shape index (κ1) is 12.3. The molecule has 0 fully saturated rings. The third-order valence-electron chi connectivity index (χ3n) is 3.25. The minimum Gasteiger partial charge on any atom is -0.330 e. The van der Waals surface area contributed by atoms with Crippen LogP contribution >= 0.6 is 0 Å². The van der Waals surface area contributed by atoms with Crippen LogP contribution in [0.1, 0.15) is 39.2 Å². The normalized spacial score (nSPS) is 15.3. The molecule has 0 heterocycles. The molecule has 0 aliphatic heterocycles. The average molecular weight is 205 g/mol. The Balaban J connectivity index is 3.00. The number of nitrogens with two attached hydrogens (primary N) is 1. The molecule has 1 rings (SSSR count). The molecule has 1 aromatic carbocycles. The van der Waals surface area contributed by atoms with E-state index < -0.39 is 0 Å². The van der Waals surface area contributed by atoms with Crippen LogP contribution in [0.4, 0.5) is 0 Å². The summed E-state index contributed by atoms with van der Waals surface area (Å²) in [7, 11) is 0. The zero-order chi connectivity index (χ0) is 11.3. The largest absolute Gasteiger partial charge is 0.330 e. The quantitative estimate of drug-likeness (QED) is 0.784. The highest BCUT2D eigenvalue weighted by atomic mass is 14.6. The van der Waals surface area contributed by atoms with Gasteiger partial charge >= 0.3 is 0 Å². The first-order valence-electron chi connectivity index (χ1n) is 5.90. The molecule has 0 aliphatic rings. The molecule has 0 radical (unpaired) electrons. The minimum atomic E-state index is 0.176. The van der Waals surface area contributed by atoms with Crippen LogP contribution in [0.25, 0.3) is 0 Å². The summed E-state index contributed by atoms with van der Waals surface area (Å²) >= 11 is 0. The lowest BCUT2D eigenvalue weighted by molar-refractivity contribution is 0.336. The van der Waals surface area contributed by atoms with Crippen molar-refractivity contribution < 1.29 is 0 Å². The Morgan fingerprint density at radius 3 is 2.20 bits per heavy atom. The molecule has 0 amide bonds. The maximum absolute atomic E-state index is 6.00. The van der Waals surface area contributed by atoms with Gasteiger partial charge in [0.2, 0.25) is 0 Å². The average Bonchev–Trinajstić information content (AvgIpc) is 2.27. The van der Waals surface area contributed by atoms with E-state index in [-0.39, 0.29) is 5.41 Å². The van der Waals surface area contributed by atoms with E-state index in [1.54, 1.807) is 0 Å². The van der Waals surface area contributed by atoms with Crippen LogP contribution in [0.3, 0.4) is 0 Å². The Morgan fingerprint density at radius 2 is 1.80 bits per heavy atom. The molecule has 0 saturated carbocycles. The van der Waals surface area contributed by atoms with Crippen molar-refractivity contribution in [2.24, 2.45) is 11.7 Å². The van der Waals surface area contributed by atoms with E-state index in [1.165, 1.54) is 12.0 Å². The molecule has 0 spiro atoms. The summed E-state index contributed by atoms with van der Waals surface area (Å²) in [6.07, 6.45) is 2.29. The predicted octanol–water partition coefficient (Wildman–Crippen LogP) is 3.34. The Labute approximate surface area is 93.7 Å². The monoisotopic (exact) mass is 205 g/mol. The zero-order valence-corrected chi connectivity index (χ0v) is 10.2. The van der Waals surface area contributed by atoms with Crippen molar-refractivity contribution in [1.29, 1.82) is 0 Å². The number of benzene rings is 1. The van der Waals surface area contributed by atoms with Gasteiger partial charge in [-0.1, -0.05) is 51.1 Å². The fourth-order valence-electron chi connectivity index (χ4n) is 2.39. The Hall–Kier alpha value is -0.820. The van der Waals surface area contributed by atoms with E-state index in [9.17, 15) is 0 Å². The summed E-state index contributed by atoms with van der Waals surface area (Å²) in [6.45, 7) is 7.51. The Morgan fingerprint density at radius 1 is 1.20 bits per heavy atom. The lowest BCUT2D eigenvalue weighted by atomic mass is 9.72. The van der Waals surface area contributed by atoms with Crippen molar-refractivity contribution in [2.45, 2.75) is 39.0 Å². The van der Waals surface area contributed by atoms with Gasteiger partial charge in [0, 0.05) is 12.0 Å². The zero-order valence-electron chi connectivity index (χ0n) is 10.2. The highest BCUT2D eigenvalue weighted by molar-refractivity contribution is 5.25. The second-order valence-corrected chi connectivity index (χ2v) is 4.80. The van der Waals surface area contributed by atoms with Crippen LogP contribution in [0.2, 0.25) is 0 Å². The molecule has 1 heteroatoms. The van der Waals surface area contributed by atoms with E-state index >= 15 is 0 Å². The van der Waals surface area contributed by atoms with E-state index in [1.807, 2.05) is 0 Å². The van der Waals surface area contributed by atoms with E-state index in [4.69, 9.17) is 5.73 Å². The summed E-state index contributed by atoms with van der Waals surface area (Å²) in [6, 6.07) is 10.7. The molecule has 2 N–H and O–H groups in total. The van der Waals surface area contributed by atoms with Gasteiger partial charge in [-0.15, -0.1) is 0 Å². The number of hydrogen-bond donors (Lipinski definition) is 1. The van der Waals surface area contributed by atoms with Gasteiger partial charge in [-0.3, -0.25) is 0 Å². The van der Waals surface area contributed by atoms with Crippen molar-refractivity contribution in [1.82, 2.24) is 0 Å². The summed E-state index contributed by atoms with van der Waals surface area (Å²) in [4.78, 5) is 0.